The summed E-state index contributed by atoms with van der Waals surface area (Å²) in [6, 6.07) is 16.0. The maximum atomic E-state index is 12.3. The Morgan fingerprint density at radius 1 is 0.741 bits per heavy atom. The molecule has 3 aromatic carbocycles. The Bertz CT molecular complexity index is 978. The molecule has 2 amide bonds. The van der Waals surface area contributed by atoms with Crippen LogP contribution < -0.4 is 15.4 Å². The van der Waals surface area contributed by atoms with Gasteiger partial charge in [0.1, 0.15) is 5.75 Å². The first-order chi connectivity index (χ1) is 12.9. The molecule has 0 radical (unpaired) electrons. The third-order valence-electron chi connectivity index (χ3n) is 3.41. The smallest absolute Gasteiger partial charge is 0.323 e. The van der Waals surface area contributed by atoms with Crippen molar-refractivity contribution in [3.8, 4) is 11.5 Å². The molecule has 0 atom stereocenters. The largest absolute Gasteiger partial charge is 0.455 e. The first kappa shape index (κ1) is 19.6. The van der Waals surface area contributed by atoms with Gasteiger partial charge in [0.05, 0.1) is 15.7 Å². The highest BCUT2D eigenvalue weighted by atomic mass is 35.5. The molecule has 0 aliphatic heterocycles. The molecule has 3 aromatic rings. The maximum absolute atomic E-state index is 12.3. The van der Waals surface area contributed by atoms with E-state index in [-0.39, 0.29) is 0 Å². The number of hydrogen-bond acceptors (Lipinski definition) is 2. The number of urea groups is 1. The molecule has 8 heteroatoms. The molecule has 0 unspecified atom stereocenters. The minimum absolute atomic E-state index is 0.337. The van der Waals surface area contributed by atoms with Crippen LogP contribution in [-0.4, -0.2) is 6.03 Å². The molecular weight excluding hydrogens is 430 g/mol. The van der Waals surface area contributed by atoms with Crippen molar-refractivity contribution in [2.24, 2.45) is 0 Å². The number of amides is 2. The van der Waals surface area contributed by atoms with Gasteiger partial charge in [-0.15, -0.1) is 0 Å². The van der Waals surface area contributed by atoms with E-state index in [4.69, 9.17) is 51.1 Å². The maximum Gasteiger partial charge on any atom is 0.323 e. The Hall–Kier alpha value is -2.11. The molecule has 0 aromatic heterocycles. The van der Waals surface area contributed by atoms with E-state index in [1.165, 1.54) is 0 Å². The van der Waals surface area contributed by atoms with E-state index in [2.05, 4.69) is 10.6 Å². The minimum atomic E-state index is -0.489. The lowest BCUT2D eigenvalue weighted by Gasteiger charge is -2.14. The molecule has 0 aliphatic rings. The van der Waals surface area contributed by atoms with Crippen molar-refractivity contribution in [2.75, 3.05) is 10.6 Å². The number of anilines is 2. The summed E-state index contributed by atoms with van der Waals surface area (Å²) in [5, 5.41) is 7.15. The van der Waals surface area contributed by atoms with Gasteiger partial charge in [0.15, 0.2) is 5.75 Å². The Kier molecular flexibility index (Phi) is 6.34. The second kappa shape index (κ2) is 8.72. The molecule has 4 nitrogen and oxygen atoms in total. The topological polar surface area (TPSA) is 50.4 Å². The third kappa shape index (κ3) is 5.44. The van der Waals surface area contributed by atoms with Crippen LogP contribution in [0.4, 0.5) is 16.2 Å². The van der Waals surface area contributed by atoms with Crippen LogP contribution in [-0.2, 0) is 0 Å². The number of ether oxygens (including phenoxy) is 1. The molecule has 0 spiro atoms. The predicted molar refractivity (Wildman–Crippen MR) is 112 cm³/mol. The number of halogens is 4. The van der Waals surface area contributed by atoms with E-state index in [0.717, 1.165) is 0 Å². The van der Waals surface area contributed by atoms with Gasteiger partial charge in [-0.25, -0.2) is 4.79 Å². The van der Waals surface area contributed by atoms with Crippen LogP contribution in [0.5, 0.6) is 11.5 Å². The fraction of sp³-hybridized carbons (Fsp3) is 0. The van der Waals surface area contributed by atoms with Gasteiger partial charge in [-0.2, -0.15) is 0 Å². The summed E-state index contributed by atoms with van der Waals surface area (Å²) in [5.74, 6) is 0.987. The van der Waals surface area contributed by atoms with E-state index in [1.807, 2.05) is 0 Å². The summed E-state index contributed by atoms with van der Waals surface area (Å²) in [6.07, 6.45) is 0. The molecule has 0 fully saturated rings. The molecule has 3 rings (SSSR count). The summed E-state index contributed by atoms with van der Waals surface area (Å²) in [4.78, 5) is 12.3. The molecule has 0 bridgehead atoms. The third-order valence-corrected chi connectivity index (χ3v) is 4.63. The zero-order valence-electron chi connectivity index (χ0n) is 13.6. The number of hydrogen-bond donors (Lipinski definition) is 2. The molecular formula is C19H12Cl4N2O2. The average Bonchev–Trinajstić information content (AvgIpc) is 2.62. The summed E-state index contributed by atoms with van der Waals surface area (Å²) >= 11 is 23.7. The number of nitrogens with one attached hydrogen (secondary N) is 2. The van der Waals surface area contributed by atoms with Gasteiger partial charge in [0.2, 0.25) is 0 Å². The lowest BCUT2D eigenvalue weighted by Crippen LogP contribution is -2.19. The van der Waals surface area contributed by atoms with Gasteiger partial charge in [0, 0.05) is 15.7 Å². The van der Waals surface area contributed by atoms with Crippen molar-refractivity contribution < 1.29 is 9.53 Å². The quantitative estimate of drug-likeness (QED) is 0.435. The lowest BCUT2D eigenvalue weighted by atomic mass is 10.3. The summed E-state index contributed by atoms with van der Waals surface area (Å²) in [5.41, 5.74) is 0.888. The van der Waals surface area contributed by atoms with Crippen molar-refractivity contribution in [2.45, 2.75) is 0 Å². The zero-order valence-corrected chi connectivity index (χ0v) is 16.6. The van der Waals surface area contributed by atoms with E-state index in [1.54, 1.807) is 60.7 Å². The molecule has 2 N–H and O–H groups in total. The monoisotopic (exact) mass is 440 g/mol. The number of carbonyl (C=O) groups is 1. The van der Waals surface area contributed by atoms with Crippen LogP contribution in [0, 0.1) is 0 Å². The Morgan fingerprint density at radius 2 is 1.44 bits per heavy atom. The second-order valence-electron chi connectivity index (χ2n) is 5.40. The fourth-order valence-electron chi connectivity index (χ4n) is 2.18. The van der Waals surface area contributed by atoms with Gasteiger partial charge in [-0.05, 0) is 60.7 Å². The second-order valence-corrected chi connectivity index (χ2v) is 7.09. The van der Waals surface area contributed by atoms with Crippen molar-refractivity contribution in [3.63, 3.8) is 0 Å². The number of rotatable bonds is 4. The first-order valence-corrected chi connectivity index (χ1v) is 9.18. The summed E-state index contributed by atoms with van der Waals surface area (Å²) < 4.78 is 5.81. The van der Waals surface area contributed by atoms with E-state index in [0.29, 0.717) is 43.0 Å². The SMILES string of the molecule is O=C(Nc1ccc(Cl)c(Cl)c1)Nc1cc(Cl)ccc1Oc1ccc(Cl)cc1. The van der Waals surface area contributed by atoms with Crippen molar-refractivity contribution in [1.29, 1.82) is 0 Å². The molecule has 138 valence electrons. The molecule has 27 heavy (non-hydrogen) atoms. The Morgan fingerprint density at radius 3 is 2.15 bits per heavy atom. The normalized spacial score (nSPS) is 10.4. The lowest BCUT2D eigenvalue weighted by molar-refractivity contribution is 0.262. The van der Waals surface area contributed by atoms with Gasteiger partial charge in [-0.3, -0.25) is 0 Å². The Labute approximate surface area is 175 Å². The minimum Gasteiger partial charge on any atom is -0.455 e. The highest BCUT2D eigenvalue weighted by Crippen LogP contribution is 2.33. The fourth-order valence-corrected chi connectivity index (χ4v) is 2.77. The van der Waals surface area contributed by atoms with Gasteiger partial charge in [-0.1, -0.05) is 46.4 Å². The van der Waals surface area contributed by atoms with E-state index in [9.17, 15) is 4.79 Å². The highest BCUT2D eigenvalue weighted by Gasteiger charge is 2.11. The van der Waals surface area contributed by atoms with Crippen LogP contribution in [0.3, 0.4) is 0 Å². The van der Waals surface area contributed by atoms with Crippen molar-refractivity contribution in [3.05, 3.63) is 80.8 Å². The van der Waals surface area contributed by atoms with Crippen molar-refractivity contribution >= 4 is 63.8 Å². The van der Waals surface area contributed by atoms with Crippen LogP contribution >= 0.6 is 46.4 Å². The number of benzene rings is 3. The predicted octanol–water partition coefficient (Wildman–Crippen LogP) is 7.74. The highest BCUT2D eigenvalue weighted by molar-refractivity contribution is 6.42. The molecule has 0 saturated heterocycles. The van der Waals surface area contributed by atoms with E-state index >= 15 is 0 Å². The number of carbonyl (C=O) groups excluding carboxylic acids is 1. The van der Waals surface area contributed by atoms with Crippen LogP contribution in [0.1, 0.15) is 0 Å². The van der Waals surface area contributed by atoms with Gasteiger partial charge >= 0.3 is 6.03 Å². The standard InChI is InChI=1S/C19H12Cl4N2O2/c20-11-1-5-14(6-2-11)27-18-8-3-12(21)9-17(18)25-19(26)24-13-4-7-15(22)16(23)10-13/h1-10H,(H2,24,25,26). The molecule has 0 saturated carbocycles. The summed E-state index contributed by atoms with van der Waals surface area (Å²) in [6.45, 7) is 0. The summed E-state index contributed by atoms with van der Waals surface area (Å²) in [7, 11) is 0. The van der Waals surface area contributed by atoms with Gasteiger partial charge in [0.25, 0.3) is 0 Å². The van der Waals surface area contributed by atoms with Crippen LogP contribution in [0.15, 0.2) is 60.7 Å². The van der Waals surface area contributed by atoms with Crippen molar-refractivity contribution in [1.82, 2.24) is 0 Å². The molecule has 0 heterocycles. The average molecular weight is 442 g/mol. The molecule has 0 aliphatic carbocycles. The Balaban J connectivity index is 1.76. The van der Waals surface area contributed by atoms with Crippen LogP contribution in [0.25, 0.3) is 0 Å². The van der Waals surface area contributed by atoms with Gasteiger partial charge < -0.3 is 15.4 Å². The zero-order chi connectivity index (χ0) is 19.4. The first-order valence-electron chi connectivity index (χ1n) is 7.67. The van der Waals surface area contributed by atoms with Crippen LogP contribution in [0.2, 0.25) is 20.1 Å². The van der Waals surface area contributed by atoms with E-state index < -0.39 is 6.03 Å².